The first-order chi connectivity index (χ1) is 13.2. The molecule has 5 heteroatoms. The number of aryl methyl sites for hydroxylation is 2. The third kappa shape index (κ3) is 2.65. The van der Waals surface area contributed by atoms with E-state index in [9.17, 15) is 9.59 Å². The molecular formula is C22H21N3O2. The summed E-state index contributed by atoms with van der Waals surface area (Å²) in [7, 11) is 0. The van der Waals surface area contributed by atoms with E-state index in [0.717, 1.165) is 36.6 Å². The summed E-state index contributed by atoms with van der Waals surface area (Å²) in [5, 5.41) is 2.34. The molecule has 1 atom stereocenters. The number of hydrogen-bond donors (Lipinski definition) is 1. The highest BCUT2D eigenvalue weighted by Gasteiger charge is 2.31. The van der Waals surface area contributed by atoms with Crippen LogP contribution in [0.2, 0.25) is 0 Å². The molecule has 136 valence electrons. The second-order valence-electron chi connectivity index (χ2n) is 7.53. The molecule has 1 amide bonds. The summed E-state index contributed by atoms with van der Waals surface area (Å²) < 4.78 is 0. The van der Waals surface area contributed by atoms with Crippen LogP contribution in [0.3, 0.4) is 0 Å². The number of imidazole rings is 1. The van der Waals surface area contributed by atoms with E-state index < -0.39 is 0 Å². The summed E-state index contributed by atoms with van der Waals surface area (Å²) in [4.78, 5) is 34.5. The van der Waals surface area contributed by atoms with Crippen molar-refractivity contribution in [1.82, 2.24) is 14.9 Å². The number of likely N-dealkylation sites (tertiary alicyclic amines) is 1. The third-order valence-electron chi connectivity index (χ3n) is 5.95. The van der Waals surface area contributed by atoms with Crippen LogP contribution in [0, 0.1) is 5.92 Å². The van der Waals surface area contributed by atoms with Gasteiger partial charge in [-0.1, -0.05) is 30.3 Å². The number of Topliss-reactive ketones (excluding diaryl/α,β-unsaturated/α-hetero) is 1. The van der Waals surface area contributed by atoms with E-state index in [1.54, 1.807) is 4.90 Å². The Bertz CT molecular complexity index is 1030. The second-order valence-corrected chi connectivity index (χ2v) is 7.53. The predicted molar refractivity (Wildman–Crippen MR) is 103 cm³/mol. The third-order valence-corrected chi connectivity index (χ3v) is 5.95. The van der Waals surface area contributed by atoms with Crippen LogP contribution in [0.4, 0.5) is 0 Å². The second kappa shape index (κ2) is 6.34. The van der Waals surface area contributed by atoms with E-state index in [1.165, 1.54) is 29.0 Å². The van der Waals surface area contributed by atoms with Gasteiger partial charge in [-0.05, 0) is 47.6 Å². The summed E-state index contributed by atoms with van der Waals surface area (Å²) in [6.45, 7) is 1.16. The molecule has 0 bridgehead atoms. The minimum absolute atomic E-state index is 0.0783. The molecule has 1 fully saturated rings. The summed E-state index contributed by atoms with van der Waals surface area (Å²) in [5.74, 6) is -0.0674. The Balaban J connectivity index is 1.45. The van der Waals surface area contributed by atoms with Crippen molar-refractivity contribution in [1.29, 1.82) is 0 Å². The number of aromatic nitrogens is 2. The van der Waals surface area contributed by atoms with Crippen molar-refractivity contribution >= 4 is 22.5 Å². The Labute approximate surface area is 157 Å². The molecule has 0 radical (unpaired) electrons. The van der Waals surface area contributed by atoms with Gasteiger partial charge in [0.2, 0.25) is 0 Å². The molecule has 0 spiro atoms. The molecule has 5 nitrogen and oxygen atoms in total. The largest absolute Gasteiger partial charge is 0.341 e. The molecule has 1 N–H and O–H groups in total. The van der Waals surface area contributed by atoms with Crippen molar-refractivity contribution in [2.24, 2.45) is 5.92 Å². The van der Waals surface area contributed by atoms with Crippen LogP contribution in [-0.2, 0) is 12.8 Å². The number of H-pyrrole nitrogens is 1. The van der Waals surface area contributed by atoms with Gasteiger partial charge in [-0.15, -0.1) is 0 Å². The molecule has 2 aliphatic rings. The number of piperidine rings is 1. The number of nitrogens with zero attached hydrogens (tertiary/aromatic N) is 2. The fraction of sp³-hybridized carbons (Fsp3) is 0.318. The predicted octanol–water partition coefficient (Wildman–Crippen LogP) is 3.40. The molecular weight excluding hydrogens is 338 g/mol. The Morgan fingerprint density at radius 2 is 1.96 bits per heavy atom. The zero-order chi connectivity index (χ0) is 18.4. The number of hydrogen-bond acceptors (Lipinski definition) is 3. The van der Waals surface area contributed by atoms with Crippen LogP contribution in [0.5, 0.6) is 0 Å². The van der Waals surface area contributed by atoms with Gasteiger partial charge in [-0.25, -0.2) is 4.98 Å². The molecule has 0 saturated carbocycles. The smallest absolute Gasteiger partial charge is 0.271 e. The highest BCUT2D eigenvalue weighted by molar-refractivity contribution is 6.11. The van der Waals surface area contributed by atoms with Gasteiger partial charge >= 0.3 is 0 Å². The number of carbonyl (C=O) groups excluding carboxylic acids is 2. The van der Waals surface area contributed by atoms with Crippen molar-refractivity contribution in [2.45, 2.75) is 25.7 Å². The molecule has 1 aromatic heterocycles. The van der Waals surface area contributed by atoms with Gasteiger partial charge in [0.1, 0.15) is 5.69 Å². The lowest BCUT2D eigenvalue weighted by molar-refractivity contribution is 0.0633. The van der Waals surface area contributed by atoms with Crippen molar-refractivity contribution in [3.05, 3.63) is 65.2 Å². The summed E-state index contributed by atoms with van der Waals surface area (Å²) in [6.07, 6.45) is 6.83. The zero-order valence-corrected chi connectivity index (χ0v) is 15.1. The van der Waals surface area contributed by atoms with E-state index in [-0.39, 0.29) is 17.6 Å². The fourth-order valence-electron chi connectivity index (χ4n) is 4.60. The summed E-state index contributed by atoms with van der Waals surface area (Å²) in [5.41, 5.74) is 3.97. The summed E-state index contributed by atoms with van der Waals surface area (Å²) in [6, 6.07) is 10.4. The number of benzene rings is 2. The number of ketones is 1. The first-order valence-corrected chi connectivity index (χ1v) is 9.58. The van der Waals surface area contributed by atoms with E-state index >= 15 is 0 Å². The van der Waals surface area contributed by atoms with Crippen LogP contribution in [0.1, 0.15) is 44.8 Å². The quantitative estimate of drug-likeness (QED) is 0.729. The highest BCUT2D eigenvalue weighted by Crippen LogP contribution is 2.34. The first kappa shape index (κ1) is 16.2. The van der Waals surface area contributed by atoms with Gasteiger partial charge < -0.3 is 9.88 Å². The van der Waals surface area contributed by atoms with E-state index in [2.05, 4.69) is 34.2 Å². The van der Waals surface area contributed by atoms with Crippen molar-refractivity contribution in [2.75, 3.05) is 13.1 Å². The van der Waals surface area contributed by atoms with Crippen molar-refractivity contribution in [3.8, 4) is 0 Å². The lowest BCUT2D eigenvalue weighted by atomic mass is 9.87. The molecule has 1 aliphatic carbocycles. The van der Waals surface area contributed by atoms with Crippen molar-refractivity contribution in [3.63, 3.8) is 0 Å². The van der Waals surface area contributed by atoms with Gasteiger partial charge in [-0.2, -0.15) is 0 Å². The normalized spacial score (nSPS) is 18.8. The van der Waals surface area contributed by atoms with Gasteiger partial charge in [0.05, 0.1) is 12.5 Å². The number of aromatic amines is 1. The van der Waals surface area contributed by atoms with Crippen LogP contribution < -0.4 is 0 Å². The molecule has 2 heterocycles. The van der Waals surface area contributed by atoms with Gasteiger partial charge in [-0.3, -0.25) is 9.59 Å². The molecule has 2 aromatic carbocycles. The maximum absolute atomic E-state index is 13.4. The van der Waals surface area contributed by atoms with Gasteiger partial charge in [0, 0.05) is 24.6 Å². The monoisotopic (exact) mass is 359 g/mol. The Morgan fingerprint density at radius 1 is 1.11 bits per heavy atom. The number of nitrogens with one attached hydrogen (secondary N) is 1. The molecule has 1 saturated heterocycles. The average Bonchev–Trinajstić information content (AvgIpc) is 3.39. The molecule has 1 aliphatic heterocycles. The Morgan fingerprint density at radius 3 is 2.78 bits per heavy atom. The fourth-order valence-corrected chi connectivity index (χ4v) is 4.60. The lowest BCUT2D eigenvalue weighted by Crippen LogP contribution is -2.42. The summed E-state index contributed by atoms with van der Waals surface area (Å²) >= 11 is 0. The lowest BCUT2D eigenvalue weighted by Gasteiger charge is -2.32. The standard InChI is InChI=1S/C22H21N3O2/c26-21(16-4-2-10-25(12-16)22(27)19-11-23-13-24-19)18-9-8-15-7-6-14-3-1-5-17(18)20(14)15/h1,3,5,8-9,11,13,16H,2,4,6-7,10,12H2,(H,23,24)/t16-/m0/s1. The van der Waals surface area contributed by atoms with Crippen LogP contribution in [-0.4, -0.2) is 39.6 Å². The minimum atomic E-state index is -0.149. The van der Waals surface area contributed by atoms with Gasteiger partial charge in [0.15, 0.2) is 5.78 Å². The van der Waals surface area contributed by atoms with Crippen LogP contribution >= 0.6 is 0 Å². The molecule has 5 rings (SSSR count). The number of rotatable bonds is 3. The van der Waals surface area contributed by atoms with Crippen LogP contribution in [0.25, 0.3) is 10.8 Å². The topological polar surface area (TPSA) is 66.1 Å². The zero-order valence-electron chi connectivity index (χ0n) is 15.1. The maximum atomic E-state index is 13.4. The molecule has 27 heavy (non-hydrogen) atoms. The van der Waals surface area contributed by atoms with Crippen molar-refractivity contribution < 1.29 is 9.59 Å². The minimum Gasteiger partial charge on any atom is -0.341 e. The van der Waals surface area contributed by atoms with Crippen LogP contribution in [0.15, 0.2) is 42.9 Å². The van der Waals surface area contributed by atoms with E-state index in [1.807, 2.05) is 6.07 Å². The average molecular weight is 359 g/mol. The van der Waals surface area contributed by atoms with E-state index in [0.29, 0.717) is 18.8 Å². The number of carbonyl (C=O) groups is 2. The van der Waals surface area contributed by atoms with Gasteiger partial charge in [0.25, 0.3) is 5.91 Å². The van der Waals surface area contributed by atoms with E-state index in [4.69, 9.17) is 0 Å². The molecule has 0 unspecified atom stereocenters. The first-order valence-electron chi connectivity index (χ1n) is 9.58. The maximum Gasteiger partial charge on any atom is 0.271 e. The Hall–Kier alpha value is -2.95. The highest BCUT2D eigenvalue weighted by atomic mass is 16.2. The SMILES string of the molecule is O=C(c1ccc2c3c(cccc13)CC2)[C@H]1CCCN(C(=O)c2cnc[nH]2)C1. The Kier molecular flexibility index (Phi) is 3.81. The molecule has 3 aromatic rings. The number of amides is 1.